The van der Waals surface area contributed by atoms with Crippen LogP contribution in [0, 0.1) is 5.41 Å². The maximum atomic E-state index is 8.03. The number of nitrogens with two attached hydrogens (primary N) is 1. The summed E-state index contributed by atoms with van der Waals surface area (Å²) in [5.74, 6) is 0.432. The van der Waals surface area contributed by atoms with E-state index < -0.39 is 0 Å². The van der Waals surface area contributed by atoms with Crippen LogP contribution in [0.25, 0.3) is 5.57 Å². The van der Waals surface area contributed by atoms with E-state index in [0.717, 1.165) is 35.1 Å². The number of nitrogens with one attached hydrogen (secondary N) is 1. The topological polar surface area (TPSA) is 62.2 Å². The first-order valence-corrected chi connectivity index (χ1v) is 9.75. The van der Waals surface area contributed by atoms with Crippen molar-refractivity contribution in [3.63, 3.8) is 0 Å². The Kier molecular flexibility index (Phi) is 8.58. The molecule has 0 saturated carbocycles. The largest absolute Gasteiger partial charge is 0.383 e. The molecule has 1 aromatic rings. The predicted molar refractivity (Wildman–Crippen MR) is 127 cm³/mol. The molecule has 29 heavy (non-hydrogen) atoms. The normalized spacial score (nSPS) is 15.4. The van der Waals surface area contributed by atoms with Crippen LogP contribution in [0.15, 0.2) is 108 Å². The van der Waals surface area contributed by atoms with E-state index in [9.17, 15) is 0 Å². The third kappa shape index (κ3) is 7.23. The number of hydrogen-bond acceptors (Lipinski definition) is 1. The van der Waals surface area contributed by atoms with Gasteiger partial charge in [-0.1, -0.05) is 79.5 Å². The average Bonchev–Trinajstić information content (AvgIpc) is 2.75. The summed E-state index contributed by atoms with van der Waals surface area (Å²) in [7, 11) is 0. The maximum Gasteiger partial charge on any atom is 0.146 e. The summed E-state index contributed by atoms with van der Waals surface area (Å²) >= 11 is 0. The first kappa shape index (κ1) is 21.8. The average molecular weight is 384 g/mol. The van der Waals surface area contributed by atoms with Crippen LogP contribution in [-0.4, -0.2) is 11.7 Å². The van der Waals surface area contributed by atoms with E-state index in [4.69, 9.17) is 11.1 Å². The van der Waals surface area contributed by atoms with Crippen LogP contribution in [0.2, 0.25) is 0 Å². The lowest BCUT2D eigenvalue weighted by Gasteiger charge is -2.09. The molecule has 1 aliphatic carbocycles. The number of hydrogen-bond donors (Lipinski definition) is 2. The first-order valence-electron chi connectivity index (χ1n) is 9.75. The van der Waals surface area contributed by atoms with Crippen molar-refractivity contribution in [1.82, 2.24) is 0 Å². The van der Waals surface area contributed by atoms with Crippen molar-refractivity contribution in [3.05, 3.63) is 114 Å². The van der Waals surface area contributed by atoms with Crippen LogP contribution in [0.4, 0.5) is 0 Å². The van der Waals surface area contributed by atoms with Crippen molar-refractivity contribution >= 4 is 17.2 Å². The van der Waals surface area contributed by atoms with Crippen LogP contribution < -0.4 is 5.73 Å². The van der Waals surface area contributed by atoms with Gasteiger partial charge in [-0.05, 0) is 61.1 Å². The molecular weight excluding hydrogens is 354 g/mol. The zero-order valence-corrected chi connectivity index (χ0v) is 17.2. The Morgan fingerprint density at radius 1 is 1.17 bits per heavy atom. The Hall–Kier alpha value is -3.46. The van der Waals surface area contributed by atoms with Gasteiger partial charge in [-0.15, -0.1) is 0 Å². The lowest BCUT2D eigenvalue weighted by Crippen LogP contribution is -2.15. The molecule has 1 aliphatic rings. The summed E-state index contributed by atoms with van der Waals surface area (Å²) in [4.78, 5) is 4.20. The molecule has 0 radical (unpaired) electrons. The quantitative estimate of drug-likeness (QED) is 0.324. The van der Waals surface area contributed by atoms with Gasteiger partial charge in [-0.3, -0.25) is 5.41 Å². The standard InChI is InChI=1S/C26H29N3/c1-4-5-12-20(2)21(3)13-9-10-18-25(27)29-26(28)24-17-11-16-23(19-24)22-14-7-6-8-15-22/h4-5,7,9-19H,3,6,8H2,1-2H3,(H3,27,28,29)/b5-4-,13-9-,18-10+,20-12+. The fourth-order valence-electron chi connectivity index (χ4n) is 2.71. The van der Waals surface area contributed by atoms with Gasteiger partial charge in [0, 0.05) is 5.56 Å². The Bertz CT molecular complexity index is 963. The lowest BCUT2D eigenvalue weighted by atomic mass is 9.98. The highest BCUT2D eigenvalue weighted by molar-refractivity contribution is 6.08. The highest BCUT2D eigenvalue weighted by Gasteiger charge is 2.05. The summed E-state index contributed by atoms with van der Waals surface area (Å²) in [6, 6.07) is 7.96. The molecule has 0 aliphatic heterocycles. The van der Waals surface area contributed by atoms with Crippen molar-refractivity contribution in [2.75, 3.05) is 0 Å². The smallest absolute Gasteiger partial charge is 0.146 e. The number of nitrogens with zero attached hydrogens (tertiary/aromatic N) is 1. The summed E-state index contributed by atoms with van der Waals surface area (Å²) in [5, 5.41) is 8.03. The third-order valence-electron chi connectivity index (χ3n) is 4.44. The van der Waals surface area contributed by atoms with Crippen molar-refractivity contribution < 1.29 is 0 Å². The molecule has 0 saturated heterocycles. The summed E-state index contributed by atoms with van der Waals surface area (Å²) in [5.41, 5.74) is 11.3. The monoisotopic (exact) mass is 383 g/mol. The van der Waals surface area contributed by atoms with Gasteiger partial charge in [-0.25, -0.2) is 4.99 Å². The van der Waals surface area contributed by atoms with Gasteiger partial charge in [0.1, 0.15) is 11.7 Å². The SMILES string of the molecule is C=C(/C=C\C=C\C(=N)N=C(N)c1cccc(C2=CCCC=C2)c1)/C(C)=C/C=C\C. The molecule has 0 atom stereocenters. The van der Waals surface area contributed by atoms with Crippen LogP contribution in [0.5, 0.6) is 0 Å². The fourth-order valence-corrected chi connectivity index (χ4v) is 2.71. The molecule has 0 aromatic heterocycles. The number of benzene rings is 1. The highest BCUT2D eigenvalue weighted by atomic mass is 14.9. The molecule has 0 amide bonds. The van der Waals surface area contributed by atoms with E-state index in [1.54, 1.807) is 12.2 Å². The molecular formula is C26H29N3. The summed E-state index contributed by atoms with van der Waals surface area (Å²) in [6.07, 6.45) is 21.8. The number of aliphatic imine (C=N–C) groups is 1. The van der Waals surface area contributed by atoms with Gasteiger partial charge in [0.05, 0.1) is 0 Å². The van der Waals surface area contributed by atoms with Crippen molar-refractivity contribution in [3.8, 4) is 0 Å². The van der Waals surface area contributed by atoms with E-state index in [1.807, 2.05) is 62.4 Å². The zero-order valence-electron chi connectivity index (χ0n) is 17.2. The van der Waals surface area contributed by atoms with Crippen LogP contribution in [-0.2, 0) is 0 Å². The Morgan fingerprint density at radius 3 is 2.69 bits per heavy atom. The van der Waals surface area contributed by atoms with Gasteiger partial charge in [0.25, 0.3) is 0 Å². The highest BCUT2D eigenvalue weighted by Crippen LogP contribution is 2.22. The zero-order chi connectivity index (χ0) is 21.1. The van der Waals surface area contributed by atoms with E-state index in [1.165, 1.54) is 5.57 Å². The molecule has 0 bridgehead atoms. The van der Waals surface area contributed by atoms with Crippen LogP contribution in [0.1, 0.15) is 37.8 Å². The molecule has 0 spiro atoms. The van der Waals surface area contributed by atoms with Crippen molar-refractivity contribution in [2.45, 2.75) is 26.7 Å². The minimum Gasteiger partial charge on any atom is -0.383 e. The maximum absolute atomic E-state index is 8.03. The molecule has 0 unspecified atom stereocenters. The van der Waals surface area contributed by atoms with E-state index in [0.29, 0.717) is 5.84 Å². The number of amidine groups is 2. The summed E-state index contributed by atoms with van der Waals surface area (Å²) in [6.45, 7) is 8.01. The van der Waals surface area contributed by atoms with E-state index >= 15 is 0 Å². The Morgan fingerprint density at radius 2 is 1.97 bits per heavy atom. The van der Waals surface area contributed by atoms with Gasteiger partial charge in [0.2, 0.25) is 0 Å². The molecule has 3 N–H and O–H groups in total. The van der Waals surface area contributed by atoms with Gasteiger partial charge < -0.3 is 5.73 Å². The first-order chi connectivity index (χ1) is 14.0. The molecule has 148 valence electrons. The summed E-state index contributed by atoms with van der Waals surface area (Å²) < 4.78 is 0. The van der Waals surface area contributed by atoms with Gasteiger partial charge in [-0.2, -0.15) is 0 Å². The lowest BCUT2D eigenvalue weighted by molar-refractivity contribution is 1.04. The molecule has 2 rings (SSSR count). The molecule has 3 heteroatoms. The van der Waals surface area contributed by atoms with Crippen LogP contribution in [0.3, 0.4) is 0 Å². The second-order valence-corrected chi connectivity index (χ2v) is 6.72. The van der Waals surface area contributed by atoms with Crippen molar-refractivity contribution in [1.29, 1.82) is 5.41 Å². The van der Waals surface area contributed by atoms with Gasteiger partial charge >= 0.3 is 0 Å². The predicted octanol–water partition coefficient (Wildman–Crippen LogP) is 6.29. The molecule has 3 nitrogen and oxygen atoms in total. The van der Waals surface area contributed by atoms with E-state index in [2.05, 4.69) is 35.9 Å². The number of rotatable bonds is 7. The Balaban J connectivity index is 2.02. The molecule has 0 fully saturated rings. The van der Waals surface area contributed by atoms with Crippen LogP contribution >= 0.6 is 0 Å². The second kappa shape index (κ2) is 11.4. The second-order valence-electron chi connectivity index (χ2n) is 6.72. The minimum absolute atomic E-state index is 0.0983. The number of allylic oxidation sites excluding steroid dienone is 12. The molecule has 1 aromatic carbocycles. The third-order valence-corrected chi connectivity index (χ3v) is 4.44. The molecule has 0 heterocycles. The van der Waals surface area contributed by atoms with E-state index in [-0.39, 0.29) is 5.84 Å². The van der Waals surface area contributed by atoms with Crippen molar-refractivity contribution in [2.24, 2.45) is 10.7 Å². The van der Waals surface area contributed by atoms with Gasteiger partial charge in [0.15, 0.2) is 0 Å². The minimum atomic E-state index is 0.0983. The Labute approximate surface area is 174 Å². The fraction of sp³-hybridized carbons (Fsp3) is 0.154.